The molecule has 1 unspecified atom stereocenters. The van der Waals surface area contributed by atoms with Crippen molar-refractivity contribution >= 4 is 17.5 Å². The molecule has 1 saturated heterocycles. The van der Waals surface area contributed by atoms with Crippen LogP contribution in [0.25, 0.3) is 11.4 Å². The van der Waals surface area contributed by atoms with Crippen molar-refractivity contribution in [2.24, 2.45) is 5.92 Å². The quantitative estimate of drug-likeness (QED) is 0.534. The smallest absolute Gasteiger partial charge is 0.241 e. The zero-order chi connectivity index (χ0) is 22.3. The minimum atomic E-state index is 0.0674. The van der Waals surface area contributed by atoms with Crippen LogP contribution >= 0.6 is 11.6 Å². The molecule has 0 saturated carbocycles. The average Bonchev–Trinajstić information content (AvgIpc) is 3.28. The summed E-state index contributed by atoms with van der Waals surface area (Å²) in [6, 6.07) is 17.9. The van der Waals surface area contributed by atoms with Gasteiger partial charge in [0.2, 0.25) is 17.6 Å². The van der Waals surface area contributed by atoms with Crippen molar-refractivity contribution < 1.29 is 9.32 Å². The van der Waals surface area contributed by atoms with Gasteiger partial charge >= 0.3 is 0 Å². The minimum absolute atomic E-state index is 0.0674. The normalized spacial score (nSPS) is 16.1. The molecule has 32 heavy (non-hydrogen) atoms. The number of hydrogen-bond acceptors (Lipinski definition) is 5. The summed E-state index contributed by atoms with van der Waals surface area (Å²) in [5.41, 5.74) is 2.18. The zero-order valence-corrected chi connectivity index (χ0v) is 19.1. The van der Waals surface area contributed by atoms with E-state index in [4.69, 9.17) is 16.1 Å². The van der Waals surface area contributed by atoms with Gasteiger partial charge in [-0.3, -0.25) is 9.69 Å². The fourth-order valence-corrected chi connectivity index (χ4v) is 4.17. The number of likely N-dealkylation sites (tertiary alicyclic amines) is 1. The molecule has 0 radical (unpaired) electrons. The lowest BCUT2D eigenvalue weighted by Crippen LogP contribution is -2.43. The number of amides is 1. The van der Waals surface area contributed by atoms with Crippen molar-refractivity contribution in [3.8, 4) is 11.4 Å². The van der Waals surface area contributed by atoms with Crippen molar-refractivity contribution in [2.45, 2.75) is 45.2 Å². The van der Waals surface area contributed by atoms with Crippen LogP contribution in [0.15, 0.2) is 59.1 Å². The van der Waals surface area contributed by atoms with Crippen LogP contribution in [-0.4, -0.2) is 40.1 Å². The lowest BCUT2D eigenvalue weighted by Gasteiger charge is -2.30. The molecule has 1 aromatic heterocycles. The number of halogens is 1. The number of carbonyl (C=O) groups excluding carboxylic acids is 1. The van der Waals surface area contributed by atoms with Gasteiger partial charge in [-0.05, 0) is 75.5 Å². The summed E-state index contributed by atoms with van der Waals surface area (Å²) < 4.78 is 5.43. The second kappa shape index (κ2) is 10.7. The third-order valence-corrected chi connectivity index (χ3v) is 6.24. The number of aromatic nitrogens is 2. The molecule has 1 N–H and O–H groups in total. The number of nitrogens with one attached hydrogen (secondary N) is 1. The number of aryl methyl sites for hydroxylation is 1. The standard InChI is InChI=1S/C25H29ClN4O2/c1-18(7-8-19-5-3-2-4-6-19)27-25(31)21-13-15-30(16-14-21)17-23-28-24(29-32-23)20-9-11-22(26)12-10-20/h2-6,9-12,18,21H,7-8,13-17H2,1H3,(H,27,31). The SMILES string of the molecule is CC(CCc1ccccc1)NC(=O)C1CCN(Cc2nc(-c3ccc(Cl)cc3)no2)CC1. The van der Waals surface area contributed by atoms with Crippen molar-refractivity contribution in [1.29, 1.82) is 0 Å². The molecule has 168 valence electrons. The van der Waals surface area contributed by atoms with Crippen molar-refractivity contribution in [2.75, 3.05) is 13.1 Å². The van der Waals surface area contributed by atoms with E-state index in [0.717, 1.165) is 44.3 Å². The Labute approximate surface area is 194 Å². The number of benzene rings is 2. The first-order valence-corrected chi connectivity index (χ1v) is 11.6. The van der Waals surface area contributed by atoms with E-state index in [1.807, 2.05) is 30.3 Å². The molecular weight excluding hydrogens is 424 g/mol. The van der Waals surface area contributed by atoms with Crippen LogP contribution < -0.4 is 5.32 Å². The molecule has 2 heterocycles. The summed E-state index contributed by atoms with van der Waals surface area (Å²) in [5.74, 6) is 1.40. The third kappa shape index (κ3) is 6.17. The van der Waals surface area contributed by atoms with Gasteiger partial charge in [-0.25, -0.2) is 0 Å². The van der Waals surface area contributed by atoms with Crippen LogP contribution in [0.3, 0.4) is 0 Å². The second-order valence-corrected chi connectivity index (χ2v) is 8.94. The van der Waals surface area contributed by atoms with E-state index in [2.05, 4.69) is 51.5 Å². The van der Waals surface area contributed by atoms with Crippen LogP contribution in [-0.2, 0) is 17.8 Å². The highest BCUT2D eigenvalue weighted by atomic mass is 35.5. The molecule has 3 aromatic rings. The summed E-state index contributed by atoms with van der Waals surface area (Å²) in [4.78, 5) is 19.5. The third-order valence-electron chi connectivity index (χ3n) is 5.99. The van der Waals surface area contributed by atoms with E-state index in [1.54, 1.807) is 0 Å². The Morgan fingerprint density at radius 2 is 1.88 bits per heavy atom. The van der Waals surface area contributed by atoms with Gasteiger partial charge in [-0.2, -0.15) is 4.98 Å². The Morgan fingerprint density at radius 3 is 2.59 bits per heavy atom. The van der Waals surface area contributed by atoms with Crippen LogP contribution in [0.1, 0.15) is 37.6 Å². The lowest BCUT2D eigenvalue weighted by atomic mass is 9.95. The molecule has 0 aliphatic carbocycles. The molecule has 1 aliphatic heterocycles. The molecule has 1 atom stereocenters. The first-order valence-electron chi connectivity index (χ1n) is 11.2. The molecule has 0 bridgehead atoms. The Bertz CT molecular complexity index is 998. The van der Waals surface area contributed by atoms with E-state index < -0.39 is 0 Å². The maximum absolute atomic E-state index is 12.7. The molecule has 6 nitrogen and oxygen atoms in total. The number of rotatable bonds is 8. The Morgan fingerprint density at radius 1 is 1.16 bits per heavy atom. The molecule has 0 spiro atoms. The van der Waals surface area contributed by atoms with Gasteiger partial charge in [0.1, 0.15) is 0 Å². The van der Waals surface area contributed by atoms with Crippen molar-refractivity contribution in [1.82, 2.24) is 20.4 Å². The zero-order valence-electron chi connectivity index (χ0n) is 18.3. The molecule has 7 heteroatoms. The molecule has 4 rings (SSSR count). The number of piperidine rings is 1. The Kier molecular flexibility index (Phi) is 7.55. The summed E-state index contributed by atoms with van der Waals surface area (Å²) in [5, 5.41) is 7.95. The van der Waals surface area contributed by atoms with Crippen molar-refractivity contribution in [3.05, 3.63) is 71.1 Å². The molecule has 1 amide bonds. The van der Waals surface area contributed by atoms with Gasteiger partial charge < -0.3 is 9.84 Å². The van der Waals surface area contributed by atoms with Crippen LogP contribution in [0.2, 0.25) is 5.02 Å². The van der Waals surface area contributed by atoms with Crippen LogP contribution in [0.4, 0.5) is 0 Å². The predicted molar refractivity (Wildman–Crippen MR) is 125 cm³/mol. The second-order valence-electron chi connectivity index (χ2n) is 8.50. The van der Waals surface area contributed by atoms with Gasteiger partial charge in [0.05, 0.1) is 6.54 Å². The summed E-state index contributed by atoms with van der Waals surface area (Å²) in [7, 11) is 0. The van der Waals surface area contributed by atoms with Gasteiger partial charge in [-0.1, -0.05) is 47.1 Å². The van der Waals surface area contributed by atoms with E-state index >= 15 is 0 Å². The van der Waals surface area contributed by atoms with E-state index in [9.17, 15) is 4.79 Å². The summed E-state index contributed by atoms with van der Waals surface area (Å²) in [6.45, 7) is 4.37. The summed E-state index contributed by atoms with van der Waals surface area (Å²) in [6.07, 6.45) is 3.61. The fraction of sp³-hybridized carbons (Fsp3) is 0.400. The van der Waals surface area contributed by atoms with Crippen LogP contribution in [0, 0.1) is 5.92 Å². The topological polar surface area (TPSA) is 71.3 Å². The molecule has 1 aliphatic rings. The monoisotopic (exact) mass is 452 g/mol. The van der Waals surface area contributed by atoms with Crippen molar-refractivity contribution in [3.63, 3.8) is 0 Å². The van der Waals surface area contributed by atoms with E-state index in [-0.39, 0.29) is 17.9 Å². The average molecular weight is 453 g/mol. The highest BCUT2D eigenvalue weighted by molar-refractivity contribution is 6.30. The first-order chi connectivity index (χ1) is 15.6. The van der Waals surface area contributed by atoms with Gasteiger partial charge in [0, 0.05) is 22.5 Å². The van der Waals surface area contributed by atoms with Gasteiger partial charge in [-0.15, -0.1) is 0 Å². The van der Waals surface area contributed by atoms with E-state index in [0.29, 0.717) is 23.3 Å². The highest BCUT2D eigenvalue weighted by Crippen LogP contribution is 2.22. The van der Waals surface area contributed by atoms with Gasteiger partial charge in [0.15, 0.2) is 0 Å². The van der Waals surface area contributed by atoms with Gasteiger partial charge in [0.25, 0.3) is 0 Å². The Hall–Kier alpha value is -2.70. The first kappa shape index (κ1) is 22.5. The fourth-order valence-electron chi connectivity index (χ4n) is 4.04. The Balaban J connectivity index is 1.20. The maximum atomic E-state index is 12.7. The molecule has 2 aromatic carbocycles. The van der Waals surface area contributed by atoms with Crippen LogP contribution in [0.5, 0.6) is 0 Å². The van der Waals surface area contributed by atoms with E-state index in [1.165, 1.54) is 5.56 Å². The number of nitrogens with zero attached hydrogens (tertiary/aromatic N) is 3. The lowest BCUT2D eigenvalue weighted by molar-refractivity contribution is -0.127. The minimum Gasteiger partial charge on any atom is -0.353 e. The predicted octanol–water partition coefficient (Wildman–Crippen LogP) is 4.74. The largest absolute Gasteiger partial charge is 0.353 e. The highest BCUT2D eigenvalue weighted by Gasteiger charge is 2.26. The summed E-state index contributed by atoms with van der Waals surface area (Å²) >= 11 is 5.94. The number of hydrogen-bond donors (Lipinski definition) is 1. The molecular formula is C25H29ClN4O2. The number of carbonyl (C=O) groups is 1. The maximum Gasteiger partial charge on any atom is 0.241 e. The molecule has 1 fully saturated rings.